The molecule has 0 unspecified atom stereocenters. The van der Waals surface area contributed by atoms with Crippen LogP contribution in [-0.2, 0) is 0 Å². The van der Waals surface area contributed by atoms with Gasteiger partial charge in [-0.2, -0.15) is 4.39 Å². The summed E-state index contributed by atoms with van der Waals surface area (Å²) in [5.74, 6) is -2.97. The fourth-order valence-electron chi connectivity index (χ4n) is 0.836. The van der Waals surface area contributed by atoms with Crippen LogP contribution in [0, 0.1) is 21.7 Å². The molecule has 0 aliphatic carbocycles. The Balaban J connectivity index is 3.50. The maximum atomic E-state index is 12.7. The van der Waals surface area contributed by atoms with Gasteiger partial charge in [-0.25, -0.2) is 4.39 Å². The van der Waals surface area contributed by atoms with E-state index < -0.39 is 27.8 Å². The third-order valence-corrected chi connectivity index (χ3v) is 1.41. The minimum atomic E-state index is -1.62. The predicted octanol–water partition coefficient (Wildman–Crippen LogP) is 1.69. The minimum Gasteiger partial charge on any atom is -0.298 e. The highest BCUT2D eigenvalue weighted by atomic mass is 19.2. The van der Waals surface area contributed by atoms with E-state index in [1.807, 2.05) is 0 Å². The number of rotatable bonds is 2. The highest BCUT2D eigenvalue weighted by Gasteiger charge is 2.23. The Hall–Kier alpha value is -1.85. The SMILES string of the molecule is O=Cc1ccc(F)c(F)c1[N+](=O)[O-]. The van der Waals surface area contributed by atoms with Gasteiger partial charge in [-0.1, -0.05) is 0 Å². The Morgan fingerprint density at radius 1 is 1.38 bits per heavy atom. The third kappa shape index (κ3) is 1.51. The Bertz CT molecular complexity index is 378. The lowest BCUT2D eigenvalue weighted by atomic mass is 10.2. The highest BCUT2D eigenvalue weighted by Crippen LogP contribution is 2.23. The molecule has 0 bridgehead atoms. The van der Waals surface area contributed by atoms with Gasteiger partial charge < -0.3 is 0 Å². The summed E-state index contributed by atoms with van der Waals surface area (Å²) in [6.07, 6.45) is 0.0979. The number of nitro groups is 1. The molecular weight excluding hydrogens is 184 g/mol. The van der Waals surface area contributed by atoms with Crippen LogP contribution in [0.4, 0.5) is 14.5 Å². The van der Waals surface area contributed by atoms with Crippen molar-refractivity contribution in [3.05, 3.63) is 39.4 Å². The van der Waals surface area contributed by atoms with Crippen LogP contribution in [0.5, 0.6) is 0 Å². The van der Waals surface area contributed by atoms with Gasteiger partial charge in [0.2, 0.25) is 5.82 Å². The first-order valence-corrected chi connectivity index (χ1v) is 3.15. The van der Waals surface area contributed by atoms with Crippen LogP contribution in [-0.4, -0.2) is 11.2 Å². The quantitative estimate of drug-likeness (QED) is 0.402. The average Bonchev–Trinajstić information content (AvgIpc) is 2.08. The molecule has 0 spiro atoms. The Labute approximate surface area is 70.9 Å². The van der Waals surface area contributed by atoms with E-state index in [9.17, 15) is 23.7 Å². The van der Waals surface area contributed by atoms with Crippen LogP contribution < -0.4 is 0 Å². The van der Waals surface area contributed by atoms with E-state index in [1.54, 1.807) is 0 Å². The number of halogens is 2. The molecule has 0 aliphatic rings. The molecule has 0 saturated heterocycles. The van der Waals surface area contributed by atoms with Crippen LogP contribution >= 0.6 is 0 Å². The van der Waals surface area contributed by atoms with Crippen molar-refractivity contribution in [2.75, 3.05) is 0 Å². The van der Waals surface area contributed by atoms with Gasteiger partial charge in [0, 0.05) is 0 Å². The first-order chi connectivity index (χ1) is 6.07. The molecule has 1 rings (SSSR count). The molecule has 0 radical (unpaired) electrons. The average molecular weight is 187 g/mol. The van der Waals surface area contributed by atoms with Crippen LogP contribution in [0.1, 0.15) is 10.4 Å². The number of hydrogen-bond acceptors (Lipinski definition) is 3. The van der Waals surface area contributed by atoms with Gasteiger partial charge in [0.1, 0.15) is 0 Å². The van der Waals surface area contributed by atoms with Gasteiger partial charge in [0.25, 0.3) is 0 Å². The first-order valence-electron chi connectivity index (χ1n) is 3.15. The van der Waals surface area contributed by atoms with E-state index in [0.29, 0.717) is 6.07 Å². The number of nitro benzene ring substituents is 1. The molecule has 0 amide bonds. The standard InChI is InChI=1S/C7H3F2NO3/c8-5-2-1-4(3-11)7(6(5)9)10(12)13/h1-3H. The maximum Gasteiger partial charge on any atom is 0.318 e. The predicted molar refractivity (Wildman–Crippen MR) is 38.4 cm³/mol. The van der Waals surface area contributed by atoms with Gasteiger partial charge in [0.15, 0.2) is 12.1 Å². The van der Waals surface area contributed by atoms with Crippen LogP contribution in [0.2, 0.25) is 0 Å². The van der Waals surface area contributed by atoms with Gasteiger partial charge >= 0.3 is 5.69 Å². The molecule has 0 fully saturated rings. The molecule has 1 aromatic rings. The molecule has 1 aromatic carbocycles. The fraction of sp³-hybridized carbons (Fsp3) is 0. The Morgan fingerprint density at radius 2 is 2.00 bits per heavy atom. The zero-order valence-electron chi connectivity index (χ0n) is 6.16. The van der Waals surface area contributed by atoms with Gasteiger partial charge in [-0.05, 0) is 12.1 Å². The number of hydrogen-bond donors (Lipinski definition) is 0. The topological polar surface area (TPSA) is 60.2 Å². The normalized spacial score (nSPS) is 9.69. The first kappa shape index (κ1) is 9.24. The summed E-state index contributed by atoms with van der Waals surface area (Å²) in [5, 5.41) is 10.2. The number of benzene rings is 1. The second-order valence-electron chi connectivity index (χ2n) is 2.17. The molecule has 0 aliphatic heterocycles. The minimum absolute atomic E-state index is 0.0979. The van der Waals surface area contributed by atoms with E-state index >= 15 is 0 Å². The fourth-order valence-corrected chi connectivity index (χ4v) is 0.836. The van der Waals surface area contributed by atoms with Gasteiger partial charge in [0.05, 0.1) is 10.5 Å². The number of aldehydes is 1. The zero-order valence-corrected chi connectivity index (χ0v) is 6.16. The molecule has 0 N–H and O–H groups in total. The number of nitrogens with zero attached hydrogens (tertiary/aromatic N) is 1. The smallest absolute Gasteiger partial charge is 0.298 e. The molecular formula is C7H3F2NO3. The van der Waals surface area contributed by atoms with E-state index in [1.165, 1.54) is 0 Å². The lowest BCUT2D eigenvalue weighted by Crippen LogP contribution is -2.00. The molecule has 0 aromatic heterocycles. The third-order valence-electron chi connectivity index (χ3n) is 1.41. The summed E-state index contributed by atoms with van der Waals surface area (Å²) in [6.45, 7) is 0. The molecule has 68 valence electrons. The van der Waals surface area contributed by atoms with Crippen molar-refractivity contribution >= 4 is 12.0 Å². The molecule has 6 heteroatoms. The van der Waals surface area contributed by atoms with Gasteiger partial charge in [-0.15, -0.1) is 0 Å². The summed E-state index contributed by atoms with van der Waals surface area (Å²) in [7, 11) is 0. The van der Waals surface area contributed by atoms with Crippen molar-refractivity contribution in [2.24, 2.45) is 0 Å². The summed E-state index contributed by atoms with van der Waals surface area (Å²) < 4.78 is 25.2. The van der Waals surface area contributed by atoms with Crippen LogP contribution in [0.15, 0.2) is 12.1 Å². The molecule has 13 heavy (non-hydrogen) atoms. The van der Waals surface area contributed by atoms with E-state index in [2.05, 4.69) is 0 Å². The largest absolute Gasteiger partial charge is 0.318 e. The summed E-state index contributed by atoms with van der Waals surface area (Å²) in [6, 6.07) is 1.51. The van der Waals surface area contributed by atoms with Crippen molar-refractivity contribution in [3.63, 3.8) is 0 Å². The summed E-state index contributed by atoms with van der Waals surface area (Å²) >= 11 is 0. The van der Waals surface area contributed by atoms with E-state index in [-0.39, 0.29) is 6.29 Å². The highest BCUT2D eigenvalue weighted by molar-refractivity contribution is 5.81. The molecule has 0 atom stereocenters. The van der Waals surface area contributed by atoms with Crippen molar-refractivity contribution in [1.82, 2.24) is 0 Å². The van der Waals surface area contributed by atoms with Crippen molar-refractivity contribution in [2.45, 2.75) is 0 Å². The van der Waals surface area contributed by atoms with Crippen LogP contribution in [0.25, 0.3) is 0 Å². The summed E-state index contributed by atoms with van der Waals surface area (Å²) in [4.78, 5) is 19.3. The lowest BCUT2D eigenvalue weighted by Gasteiger charge is -1.97. The van der Waals surface area contributed by atoms with E-state index in [4.69, 9.17) is 0 Å². The lowest BCUT2D eigenvalue weighted by molar-refractivity contribution is -0.388. The Kier molecular flexibility index (Phi) is 2.32. The molecule has 4 nitrogen and oxygen atoms in total. The number of carbonyl (C=O) groups is 1. The van der Waals surface area contributed by atoms with Gasteiger partial charge in [-0.3, -0.25) is 14.9 Å². The molecule has 0 saturated carbocycles. The van der Waals surface area contributed by atoms with E-state index in [0.717, 1.165) is 6.07 Å². The van der Waals surface area contributed by atoms with Crippen molar-refractivity contribution in [3.8, 4) is 0 Å². The zero-order chi connectivity index (χ0) is 10.0. The maximum absolute atomic E-state index is 12.7. The number of carbonyl (C=O) groups excluding carboxylic acids is 1. The van der Waals surface area contributed by atoms with Crippen molar-refractivity contribution in [1.29, 1.82) is 0 Å². The monoisotopic (exact) mass is 187 g/mol. The second-order valence-corrected chi connectivity index (χ2v) is 2.17. The summed E-state index contributed by atoms with van der Waals surface area (Å²) in [5.41, 5.74) is -1.61. The Morgan fingerprint density at radius 3 is 2.46 bits per heavy atom. The second kappa shape index (κ2) is 3.26. The van der Waals surface area contributed by atoms with Crippen LogP contribution in [0.3, 0.4) is 0 Å². The van der Waals surface area contributed by atoms with Crippen molar-refractivity contribution < 1.29 is 18.5 Å². The molecule has 0 heterocycles.